The minimum Gasteiger partial charge on any atom is -0.497 e. The third-order valence-electron chi connectivity index (χ3n) is 6.45. The summed E-state index contributed by atoms with van der Waals surface area (Å²) in [4.78, 5) is 14.5. The summed E-state index contributed by atoms with van der Waals surface area (Å²) in [5, 5.41) is 6.68. The normalized spacial score (nSPS) is 15.8. The van der Waals surface area contributed by atoms with Gasteiger partial charge in [-0.05, 0) is 62.2 Å². The molecule has 3 heterocycles. The molecular formula is C28H34Cl2N6O. The summed E-state index contributed by atoms with van der Waals surface area (Å²) in [6.45, 7) is 4.51. The maximum absolute atomic E-state index is 6.23. The van der Waals surface area contributed by atoms with Crippen LogP contribution < -0.4 is 15.4 Å². The number of halogens is 2. The second-order valence-electron chi connectivity index (χ2n) is 9.07. The van der Waals surface area contributed by atoms with E-state index in [0.29, 0.717) is 24.3 Å². The number of hydrogen-bond donors (Lipinski definition) is 2. The van der Waals surface area contributed by atoms with Gasteiger partial charge in [-0.1, -0.05) is 30.4 Å². The van der Waals surface area contributed by atoms with Crippen molar-refractivity contribution in [3.05, 3.63) is 71.8 Å². The van der Waals surface area contributed by atoms with Crippen molar-refractivity contribution in [3.63, 3.8) is 0 Å². The van der Waals surface area contributed by atoms with Crippen LogP contribution in [-0.4, -0.2) is 51.0 Å². The number of allylic oxidation sites excluding steroid dienone is 4. The van der Waals surface area contributed by atoms with Crippen molar-refractivity contribution in [1.82, 2.24) is 24.8 Å². The maximum Gasteiger partial charge on any atom is 0.223 e. The first-order valence-electron chi connectivity index (χ1n) is 12.6. The van der Waals surface area contributed by atoms with Crippen LogP contribution in [0.25, 0.3) is 17.0 Å². The molecule has 1 fully saturated rings. The number of methoxy groups -OCH3 is 1. The summed E-state index contributed by atoms with van der Waals surface area (Å²) in [5.74, 6) is 3.19. The first kappa shape index (κ1) is 27.2. The molecule has 3 aromatic rings. The average Bonchev–Trinajstić information content (AvgIpc) is 3.27. The van der Waals surface area contributed by atoms with Gasteiger partial charge >= 0.3 is 0 Å². The predicted octanol–water partition coefficient (Wildman–Crippen LogP) is 5.77. The number of nitrogens with zero attached hydrogens (tertiary/aromatic N) is 4. The number of hydrogen-bond acceptors (Lipinski definition) is 6. The highest BCUT2D eigenvalue weighted by Crippen LogP contribution is 2.34. The molecule has 196 valence electrons. The Balaban J connectivity index is 1.70. The topological polar surface area (TPSA) is 76.9 Å². The van der Waals surface area contributed by atoms with E-state index < -0.39 is 0 Å². The van der Waals surface area contributed by atoms with E-state index in [1.165, 1.54) is 0 Å². The molecule has 0 bridgehead atoms. The molecule has 9 heteroatoms. The Morgan fingerprint density at radius 2 is 1.97 bits per heavy atom. The molecule has 1 saturated heterocycles. The molecule has 1 aromatic carbocycles. The number of rotatable bonds is 10. The van der Waals surface area contributed by atoms with Crippen molar-refractivity contribution >= 4 is 34.7 Å². The lowest BCUT2D eigenvalue weighted by molar-refractivity contribution is 0.414. The minimum atomic E-state index is -0.109. The van der Waals surface area contributed by atoms with Crippen LogP contribution in [0.3, 0.4) is 0 Å². The summed E-state index contributed by atoms with van der Waals surface area (Å²) >= 11 is 12.4. The third-order valence-corrected chi connectivity index (χ3v) is 6.75. The summed E-state index contributed by atoms with van der Waals surface area (Å²) in [6.07, 6.45) is 9.80. The van der Waals surface area contributed by atoms with Gasteiger partial charge in [-0.25, -0.2) is 15.0 Å². The summed E-state index contributed by atoms with van der Waals surface area (Å²) in [5.41, 5.74) is 4.62. The number of alkyl halides is 2. The van der Waals surface area contributed by atoms with Gasteiger partial charge in [-0.15, -0.1) is 23.2 Å². The highest BCUT2D eigenvalue weighted by molar-refractivity contribution is 6.21. The van der Waals surface area contributed by atoms with E-state index in [4.69, 9.17) is 37.9 Å². The van der Waals surface area contributed by atoms with Crippen molar-refractivity contribution < 1.29 is 4.74 Å². The van der Waals surface area contributed by atoms with Crippen LogP contribution in [0.15, 0.2) is 54.8 Å². The molecular weight excluding hydrogens is 507 g/mol. The van der Waals surface area contributed by atoms with Crippen LogP contribution in [0.4, 0.5) is 5.95 Å². The van der Waals surface area contributed by atoms with Crippen molar-refractivity contribution in [2.75, 3.05) is 31.4 Å². The number of nitrogens with one attached hydrogen (secondary N) is 2. The summed E-state index contributed by atoms with van der Waals surface area (Å²) in [6, 6.07) is 9.86. The molecule has 1 atom stereocenters. The second-order valence-corrected chi connectivity index (χ2v) is 10.1. The van der Waals surface area contributed by atoms with Crippen LogP contribution in [0.2, 0.25) is 0 Å². The van der Waals surface area contributed by atoms with Gasteiger partial charge in [0.15, 0.2) is 0 Å². The van der Waals surface area contributed by atoms with Gasteiger partial charge in [0, 0.05) is 37.0 Å². The molecule has 0 saturated carbocycles. The smallest absolute Gasteiger partial charge is 0.223 e. The molecule has 7 nitrogen and oxygen atoms in total. The second kappa shape index (κ2) is 13.1. The van der Waals surface area contributed by atoms with Crippen LogP contribution >= 0.6 is 23.2 Å². The maximum atomic E-state index is 6.23. The van der Waals surface area contributed by atoms with Crippen molar-refractivity contribution in [1.29, 1.82) is 0 Å². The van der Waals surface area contributed by atoms with Crippen molar-refractivity contribution in [2.45, 2.75) is 37.6 Å². The highest BCUT2D eigenvalue weighted by Gasteiger charge is 2.26. The molecule has 0 radical (unpaired) electrons. The number of benzene rings is 1. The van der Waals surface area contributed by atoms with E-state index in [0.717, 1.165) is 65.7 Å². The molecule has 0 aliphatic carbocycles. The third kappa shape index (κ3) is 6.92. The fraction of sp³-hybridized carbons (Fsp3) is 0.393. The standard InChI is InChI=1S/C28H34Cl2N6O/c1-19(30)4-7-21(10-14-29)25-26(36(2)27(35-25)22-11-15-31-16-12-22)24-13-17-32-28(34-24)33-18-20-5-8-23(37-3)9-6-20/h4-10,13,17,19,22,31H,11-12,14-16,18H2,1-3H3,(H,32,33,34)/b7-4-,21-10+. The van der Waals surface area contributed by atoms with Gasteiger partial charge in [0.25, 0.3) is 0 Å². The molecule has 0 amide bonds. The van der Waals surface area contributed by atoms with Crippen LogP contribution in [0.1, 0.15) is 42.8 Å². The number of imidazole rings is 1. The first-order valence-corrected chi connectivity index (χ1v) is 13.5. The minimum absolute atomic E-state index is 0.109. The van der Waals surface area contributed by atoms with Gasteiger partial charge in [0.1, 0.15) is 11.6 Å². The Labute approximate surface area is 229 Å². The molecule has 2 aromatic heterocycles. The molecule has 0 spiro atoms. The van der Waals surface area contributed by atoms with Gasteiger partial charge in [0.05, 0.1) is 24.2 Å². The van der Waals surface area contributed by atoms with Gasteiger partial charge in [0.2, 0.25) is 5.95 Å². The SMILES string of the molecule is COc1ccc(CNc2nccc(-c3c(C(/C=C\C(C)Cl)=C/CCl)nc(C4CCNCC4)n3C)n2)cc1. The predicted molar refractivity (Wildman–Crippen MR) is 153 cm³/mol. The lowest BCUT2D eigenvalue weighted by Gasteiger charge is -2.22. The highest BCUT2D eigenvalue weighted by atomic mass is 35.5. The largest absolute Gasteiger partial charge is 0.497 e. The van der Waals surface area contributed by atoms with Gasteiger partial charge in [-0.3, -0.25) is 0 Å². The molecule has 1 aliphatic rings. The molecule has 2 N–H and O–H groups in total. The van der Waals surface area contributed by atoms with E-state index in [2.05, 4.69) is 27.2 Å². The van der Waals surface area contributed by atoms with Crippen LogP contribution in [-0.2, 0) is 13.6 Å². The van der Waals surface area contributed by atoms with E-state index >= 15 is 0 Å². The van der Waals surface area contributed by atoms with Crippen LogP contribution in [0, 0.1) is 0 Å². The quantitative estimate of drug-likeness (QED) is 0.251. The van der Waals surface area contributed by atoms with E-state index in [9.17, 15) is 0 Å². The van der Waals surface area contributed by atoms with Gasteiger partial charge < -0.3 is 19.9 Å². The Kier molecular flexibility index (Phi) is 9.61. The van der Waals surface area contributed by atoms with Crippen molar-refractivity contribution in [2.24, 2.45) is 7.05 Å². The fourth-order valence-corrected chi connectivity index (χ4v) is 4.76. The zero-order valence-corrected chi connectivity index (χ0v) is 23.1. The molecule has 1 aliphatic heterocycles. The van der Waals surface area contributed by atoms with Crippen LogP contribution in [0.5, 0.6) is 5.75 Å². The van der Waals surface area contributed by atoms with Gasteiger partial charge in [-0.2, -0.15) is 0 Å². The lowest BCUT2D eigenvalue weighted by atomic mass is 9.97. The lowest BCUT2D eigenvalue weighted by Crippen LogP contribution is -2.27. The summed E-state index contributed by atoms with van der Waals surface area (Å²) in [7, 11) is 3.73. The Morgan fingerprint density at radius 3 is 2.65 bits per heavy atom. The Morgan fingerprint density at radius 1 is 1.22 bits per heavy atom. The van der Waals surface area contributed by atoms with E-state index in [1.54, 1.807) is 13.3 Å². The number of aromatic nitrogens is 4. The Hall–Kier alpha value is -2.87. The fourth-order valence-electron chi connectivity index (χ4n) is 4.52. The molecule has 4 rings (SSSR count). The summed E-state index contributed by atoms with van der Waals surface area (Å²) < 4.78 is 7.43. The molecule has 1 unspecified atom stereocenters. The Bertz CT molecular complexity index is 1230. The molecule has 37 heavy (non-hydrogen) atoms. The van der Waals surface area contributed by atoms with E-state index in [-0.39, 0.29) is 5.38 Å². The van der Waals surface area contributed by atoms with E-state index in [1.807, 2.05) is 55.5 Å². The zero-order valence-electron chi connectivity index (χ0n) is 21.5. The monoisotopic (exact) mass is 540 g/mol. The van der Waals surface area contributed by atoms with Crippen molar-refractivity contribution in [3.8, 4) is 17.1 Å². The number of anilines is 1. The zero-order chi connectivity index (χ0) is 26.2. The number of ether oxygens (including phenoxy) is 1. The number of piperidine rings is 1. The first-order chi connectivity index (χ1) is 18.0. The average molecular weight is 542 g/mol.